The van der Waals surface area contributed by atoms with Gasteiger partial charge in [0.25, 0.3) is 0 Å². The molecule has 0 spiro atoms. The second-order valence-corrected chi connectivity index (χ2v) is 5.72. The molecule has 14 heavy (non-hydrogen) atoms. The molecular formula is C11H15ClOSi. The highest BCUT2D eigenvalue weighted by Crippen LogP contribution is 1.98. The number of aryl methyl sites for hydroxylation is 1. The Bertz CT molecular complexity index is 301. The normalized spacial score (nSPS) is 12.4. The first-order valence-corrected chi connectivity index (χ1v) is 6.90. The molecule has 0 aliphatic heterocycles. The number of hydrogen-bond donors (Lipinski definition) is 0. The molecule has 0 aliphatic rings. The molecule has 1 aromatic carbocycles. The van der Waals surface area contributed by atoms with Gasteiger partial charge >= 0.3 is 0 Å². The fraction of sp³-hybridized carbons (Fsp3) is 0.273. The van der Waals surface area contributed by atoms with Gasteiger partial charge in [-0.05, 0) is 17.7 Å². The average Bonchev–Trinajstić information content (AvgIpc) is 2.21. The first-order chi connectivity index (χ1) is 6.79. The zero-order chi connectivity index (χ0) is 10.4. The van der Waals surface area contributed by atoms with E-state index in [1.54, 1.807) is 0 Å². The molecule has 0 heterocycles. The Labute approximate surface area is 92.1 Å². The molecule has 0 saturated heterocycles. The lowest BCUT2D eigenvalue weighted by Gasteiger charge is -2.13. The van der Waals surface area contributed by atoms with Crippen LogP contribution in [0.25, 0.3) is 0 Å². The van der Waals surface area contributed by atoms with Crippen LogP contribution < -0.4 is 5.19 Å². The molecule has 76 valence electrons. The monoisotopic (exact) mass is 226 g/mol. The minimum atomic E-state index is -1.45. The first-order valence-electron chi connectivity index (χ1n) is 4.65. The molecule has 0 bridgehead atoms. The van der Waals surface area contributed by atoms with E-state index in [1.165, 1.54) is 10.8 Å². The van der Waals surface area contributed by atoms with Crippen LogP contribution in [-0.4, -0.2) is 21.5 Å². The molecule has 3 heteroatoms. The van der Waals surface area contributed by atoms with E-state index in [0.29, 0.717) is 12.5 Å². The van der Waals surface area contributed by atoms with Gasteiger partial charge in [-0.1, -0.05) is 30.0 Å². The van der Waals surface area contributed by atoms with Crippen molar-refractivity contribution < 1.29 is 4.43 Å². The topological polar surface area (TPSA) is 9.23 Å². The van der Waals surface area contributed by atoms with Gasteiger partial charge in [-0.25, -0.2) is 0 Å². The van der Waals surface area contributed by atoms with Crippen LogP contribution in [0.5, 0.6) is 0 Å². The van der Waals surface area contributed by atoms with Gasteiger partial charge in [-0.15, -0.1) is 18.2 Å². The van der Waals surface area contributed by atoms with Crippen LogP contribution in [0.4, 0.5) is 0 Å². The highest BCUT2D eigenvalue weighted by molar-refractivity contribution is 6.72. The number of hydrogen-bond acceptors (Lipinski definition) is 1. The van der Waals surface area contributed by atoms with E-state index in [2.05, 4.69) is 25.6 Å². The SMILES string of the molecule is C=C[SiH](OCCCl)c1ccccc1C. The molecule has 0 N–H and O–H groups in total. The summed E-state index contributed by atoms with van der Waals surface area (Å²) in [6.45, 7) is 6.54. The first kappa shape index (κ1) is 11.5. The Morgan fingerprint density at radius 3 is 2.79 bits per heavy atom. The molecule has 1 rings (SSSR count). The van der Waals surface area contributed by atoms with Gasteiger partial charge in [-0.2, -0.15) is 0 Å². The molecule has 1 unspecified atom stereocenters. The zero-order valence-electron chi connectivity index (χ0n) is 8.37. The van der Waals surface area contributed by atoms with Gasteiger partial charge in [-0.3, -0.25) is 0 Å². The summed E-state index contributed by atoms with van der Waals surface area (Å²) in [5.74, 6) is 0.545. The van der Waals surface area contributed by atoms with Crippen molar-refractivity contribution in [3.05, 3.63) is 42.1 Å². The number of benzene rings is 1. The maximum absolute atomic E-state index is 5.70. The summed E-state index contributed by atoms with van der Waals surface area (Å²) in [5, 5.41) is 1.30. The predicted molar refractivity (Wildman–Crippen MR) is 64.8 cm³/mol. The smallest absolute Gasteiger partial charge is 0.232 e. The Morgan fingerprint density at radius 1 is 1.50 bits per heavy atom. The summed E-state index contributed by atoms with van der Waals surface area (Å²) in [6.07, 6.45) is 0. The number of rotatable bonds is 5. The molecule has 0 aliphatic carbocycles. The fourth-order valence-corrected chi connectivity index (χ4v) is 3.39. The molecule has 1 aromatic rings. The van der Waals surface area contributed by atoms with Crippen molar-refractivity contribution in [1.82, 2.24) is 0 Å². The summed E-state index contributed by atoms with van der Waals surface area (Å²) in [4.78, 5) is 0. The van der Waals surface area contributed by atoms with E-state index in [0.717, 1.165) is 0 Å². The van der Waals surface area contributed by atoms with Gasteiger partial charge < -0.3 is 4.43 Å². The minimum Gasteiger partial charge on any atom is -0.410 e. The van der Waals surface area contributed by atoms with Crippen LogP contribution >= 0.6 is 11.6 Å². The zero-order valence-corrected chi connectivity index (χ0v) is 10.3. The highest BCUT2D eigenvalue weighted by atomic mass is 35.5. The quantitative estimate of drug-likeness (QED) is 0.551. The van der Waals surface area contributed by atoms with Gasteiger partial charge in [0.2, 0.25) is 9.04 Å². The van der Waals surface area contributed by atoms with Crippen molar-refractivity contribution in [1.29, 1.82) is 0 Å². The van der Waals surface area contributed by atoms with E-state index in [-0.39, 0.29) is 0 Å². The molecule has 1 nitrogen and oxygen atoms in total. The minimum absolute atomic E-state index is 0.545. The Balaban J connectivity index is 2.78. The van der Waals surface area contributed by atoms with Gasteiger partial charge in [0.15, 0.2) is 0 Å². The van der Waals surface area contributed by atoms with E-state index < -0.39 is 9.04 Å². The van der Waals surface area contributed by atoms with Crippen LogP contribution in [0.3, 0.4) is 0 Å². The van der Waals surface area contributed by atoms with Gasteiger partial charge in [0.05, 0.1) is 0 Å². The van der Waals surface area contributed by atoms with E-state index in [4.69, 9.17) is 16.0 Å². The number of halogens is 1. The summed E-state index contributed by atoms with van der Waals surface area (Å²) in [6, 6.07) is 8.29. The summed E-state index contributed by atoms with van der Waals surface area (Å²) in [5.41, 5.74) is 3.22. The third-order valence-corrected chi connectivity index (χ3v) is 4.52. The fourth-order valence-electron chi connectivity index (χ4n) is 1.36. The van der Waals surface area contributed by atoms with Crippen LogP contribution in [0.15, 0.2) is 36.5 Å². The lowest BCUT2D eigenvalue weighted by atomic mass is 10.2. The Morgan fingerprint density at radius 2 is 2.21 bits per heavy atom. The van der Waals surface area contributed by atoms with Crippen LogP contribution in [0.1, 0.15) is 5.56 Å². The standard InChI is InChI=1S/C11H15ClOSi/c1-3-14(13-9-8-12)11-7-5-4-6-10(11)2/h3-7,14H,1,8-9H2,2H3. The largest absolute Gasteiger partial charge is 0.410 e. The lowest BCUT2D eigenvalue weighted by Crippen LogP contribution is -2.34. The maximum Gasteiger partial charge on any atom is 0.232 e. The third kappa shape index (κ3) is 2.98. The second-order valence-electron chi connectivity index (χ2n) is 3.07. The van der Waals surface area contributed by atoms with Gasteiger partial charge in [0.1, 0.15) is 0 Å². The van der Waals surface area contributed by atoms with Crippen molar-refractivity contribution in [3.63, 3.8) is 0 Å². The van der Waals surface area contributed by atoms with Crippen LogP contribution in [0, 0.1) is 6.92 Å². The van der Waals surface area contributed by atoms with Crippen molar-refractivity contribution >= 4 is 25.8 Å². The Kier molecular flexibility index (Phi) is 4.94. The summed E-state index contributed by atoms with van der Waals surface area (Å²) in [7, 11) is -1.45. The highest BCUT2D eigenvalue weighted by Gasteiger charge is 2.11. The van der Waals surface area contributed by atoms with Crippen LogP contribution in [0.2, 0.25) is 0 Å². The second kappa shape index (κ2) is 6.01. The lowest BCUT2D eigenvalue weighted by molar-refractivity contribution is 0.360. The summed E-state index contributed by atoms with van der Waals surface area (Å²) >= 11 is 5.59. The maximum atomic E-state index is 5.70. The number of alkyl halides is 1. The molecule has 0 radical (unpaired) electrons. The molecule has 0 amide bonds. The van der Waals surface area contributed by atoms with E-state index in [9.17, 15) is 0 Å². The van der Waals surface area contributed by atoms with E-state index >= 15 is 0 Å². The van der Waals surface area contributed by atoms with Crippen molar-refractivity contribution in [3.8, 4) is 0 Å². The van der Waals surface area contributed by atoms with Crippen molar-refractivity contribution in [2.75, 3.05) is 12.5 Å². The molecule has 1 atom stereocenters. The molecule has 0 fully saturated rings. The van der Waals surface area contributed by atoms with Crippen molar-refractivity contribution in [2.24, 2.45) is 0 Å². The third-order valence-electron chi connectivity index (χ3n) is 2.08. The molecule has 0 aromatic heterocycles. The van der Waals surface area contributed by atoms with Gasteiger partial charge in [0, 0.05) is 12.5 Å². The van der Waals surface area contributed by atoms with Crippen molar-refractivity contribution in [2.45, 2.75) is 6.92 Å². The predicted octanol–water partition coefficient (Wildman–Crippen LogP) is 1.91. The van der Waals surface area contributed by atoms with E-state index in [1.807, 2.05) is 17.8 Å². The van der Waals surface area contributed by atoms with Crippen LogP contribution in [-0.2, 0) is 4.43 Å². The Hall–Kier alpha value is -0.573. The average molecular weight is 227 g/mol. The molecule has 0 saturated carbocycles. The molecular weight excluding hydrogens is 212 g/mol. The summed E-state index contributed by atoms with van der Waals surface area (Å²) < 4.78 is 5.70.